The van der Waals surface area contributed by atoms with Crippen molar-refractivity contribution >= 4 is 17.2 Å². The van der Waals surface area contributed by atoms with Gasteiger partial charge in [0.15, 0.2) is 0 Å². The maximum Gasteiger partial charge on any atom is 0.128 e. The number of rotatable bonds is 3. The Kier molecular flexibility index (Phi) is 3.06. The maximum atomic E-state index is 9.41. The molecule has 1 aliphatic rings. The number of anilines is 2. The maximum absolute atomic E-state index is 9.41. The van der Waals surface area contributed by atoms with Crippen molar-refractivity contribution in [3.8, 4) is 5.75 Å². The molecule has 0 radical (unpaired) electrons. The zero-order valence-electron chi connectivity index (χ0n) is 10.4. The van der Waals surface area contributed by atoms with E-state index in [1.807, 2.05) is 36.4 Å². The molecule has 0 amide bonds. The lowest BCUT2D eigenvalue weighted by Gasteiger charge is -2.08. The van der Waals surface area contributed by atoms with Crippen LogP contribution in [-0.4, -0.2) is 24.0 Å². The number of aliphatic imine (C=N–C) groups is 1. The minimum Gasteiger partial charge on any atom is -0.508 e. The molecule has 3 rings (SSSR count). The molecule has 4 heteroatoms. The second-order valence-electron chi connectivity index (χ2n) is 4.41. The van der Waals surface area contributed by atoms with Crippen molar-refractivity contribution in [1.82, 2.24) is 5.32 Å². The molecule has 96 valence electrons. The van der Waals surface area contributed by atoms with Gasteiger partial charge in [0.05, 0.1) is 6.54 Å². The number of amidine groups is 1. The molecular formula is C15H15N3O. The standard InChI is InChI=1S/C15H15N3O/c19-14-3-1-2-13(10-14)18-12-6-4-11(5-7-12)15-16-8-9-17-15/h1-7,10,18-19H,8-9H2,(H,16,17). The van der Waals surface area contributed by atoms with Crippen LogP contribution in [0, 0.1) is 0 Å². The van der Waals surface area contributed by atoms with Gasteiger partial charge in [-0.1, -0.05) is 6.07 Å². The highest BCUT2D eigenvalue weighted by atomic mass is 16.3. The van der Waals surface area contributed by atoms with Gasteiger partial charge in [-0.05, 0) is 36.4 Å². The minimum atomic E-state index is 0.256. The van der Waals surface area contributed by atoms with E-state index < -0.39 is 0 Å². The van der Waals surface area contributed by atoms with Crippen molar-refractivity contribution in [2.45, 2.75) is 0 Å². The fourth-order valence-electron chi connectivity index (χ4n) is 2.05. The molecule has 0 spiro atoms. The summed E-state index contributed by atoms with van der Waals surface area (Å²) in [4.78, 5) is 4.38. The number of phenols is 1. The van der Waals surface area contributed by atoms with Crippen molar-refractivity contribution in [2.75, 3.05) is 18.4 Å². The molecule has 0 aliphatic carbocycles. The summed E-state index contributed by atoms with van der Waals surface area (Å²) in [6.45, 7) is 1.76. The molecule has 0 saturated carbocycles. The molecule has 1 heterocycles. The highest BCUT2D eigenvalue weighted by Crippen LogP contribution is 2.21. The van der Waals surface area contributed by atoms with E-state index in [1.54, 1.807) is 12.1 Å². The molecule has 1 aliphatic heterocycles. The summed E-state index contributed by atoms with van der Waals surface area (Å²) in [6.07, 6.45) is 0. The first-order valence-electron chi connectivity index (χ1n) is 6.26. The molecule has 3 N–H and O–H groups in total. The Morgan fingerprint density at radius 3 is 2.58 bits per heavy atom. The van der Waals surface area contributed by atoms with Gasteiger partial charge in [-0.15, -0.1) is 0 Å². The van der Waals surface area contributed by atoms with Gasteiger partial charge in [0.2, 0.25) is 0 Å². The molecule has 0 bridgehead atoms. The van der Waals surface area contributed by atoms with Crippen molar-refractivity contribution in [1.29, 1.82) is 0 Å². The molecule has 0 fully saturated rings. The van der Waals surface area contributed by atoms with Crippen LogP contribution in [0.1, 0.15) is 5.56 Å². The van der Waals surface area contributed by atoms with Crippen LogP contribution in [0.4, 0.5) is 11.4 Å². The van der Waals surface area contributed by atoms with E-state index in [0.717, 1.165) is 35.9 Å². The summed E-state index contributed by atoms with van der Waals surface area (Å²) in [5, 5.41) is 15.9. The molecule has 0 saturated heterocycles. The second kappa shape index (κ2) is 5.02. The van der Waals surface area contributed by atoms with E-state index in [0.29, 0.717) is 0 Å². The molecule has 2 aromatic carbocycles. The number of hydrogen-bond donors (Lipinski definition) is 3. The fourth-order valence-corrected chi connectivity index (χ4v) is 2.05. The van der Waals surface area contributed by atoms with Crippen LogP contribution in [0.5, 0.6) is 5.75 Å². The average Bonchev–Trinajstić information content (AvgIpc) is 2.94. The van der Waals surface area contributed by atoms with Crippen LogP contribution in [0.15, 0.2) is 53.5 Å². The fraction of sp³-hybridized carbons (Fsp3) is 0.133. The second-order valence-corrected chi connectivity index (χ2v) is 4.41. The van der Waals surface area contributed by atoms with Crippen LogP contribution in [0.3, 0.4) is 0 Å². The first-order valence-corrected chi connectivity index (χ1v) is 6.26. The summed E-state index contributed by atoms with van der Waals surface area (Å²) in [5.74, 6) is 1.22. The molecule has 4 nitrogen and oxygen atoms in total. The van der Waals surface area contributed by atoms with Crippen LogP contribution in [0.2, 0.25) is 0 Å². The summed E-state index contributed by atoms with van der Waals surface area (Å²) in [5.41, 5.74) is 2.94. The van der Waals surface area contributed by atoms with Crippen molar-refractivity contribution in [3.05, 3.63) is 54.1 Å². The van der Waals surface area contributed by atoms with Crippen LogP contribution in [-0.2, 0) is 0 Å². The number of hydrogen-bond acceptors (Lipinski definition) is 4. The molecule has 0 unspecified atom stereocenters. The third-order valence-corrected chi connectivity index (χ3v) is 2.97. The molecular weight excluding hydrogens is 238 g/mol. The predicted octanol–water partition coefficient (Wildman–Crippen LogP) is 2.49. The number of phenolic OH excluding ortho intramolecular Hbond substituents is 1. The topological polar surface area (TPSA) is 56.6 Å². The van der Waals surface area contributed by atoms with Gasteiger partial charge < -0.3 is 15.7 Å². The van der Waals surface area contributed by atoms with E-state index in [4.69, 9.17) is 0 Å². The van der Waals surface area contributed by atoms with Gasteiger partial charge in [-0.3, -0.25) is 4.99 Å². The van der Waals surface area contributed by atoms with Crippen LogP contribution < -0.4 is 10.6 Å². The first-order chi connectivity index (χ1) is 9.31. The Balaban J connectivity index is 1.75. The highest BCUT2D eigenvalue weighted by molar-refractivity contribution is 6.00. The average molecular weight is 253 g/mol. The van der Waals surface area contributed by atoms with E-state index in [2.05, 4.69) is 15.6 Å². The minimum absolute atomic E-state index is 0.256. The number of benzene rings is 2. The zero-order chi connectivity index (χ0) is 13.1. The highest BCUT2D eigenvalue weighted by Gasteiger charge is 2.07. The number of nitrogens with zero attached hydrogens (tertiary/aromatic N) is 1. The third-order valence-electron chi connectivity index (χ3n) is 2.97. The van der Waals surface area contributed by atoms with Crippen LogP contribution >= 0.6 is 0 Å². The molecule has 0 aromatic heterocycles. The predicted molar refractivity (Wildman–Crippen MR) is 77.2 cm³/mol. The number of aromatic hydroxyl groups is 1. The van der Waals surface area contributed by atoms with Crippen LogP contribution in [0.25, 0.3) is 0 Å². The monoisotopic (exact) mass is 253 g/mol. The van der Waals surface area contributed by atoms with Gasteiger partial charge in [-0.2, -0.15) is 0 Å². The lowest BCUT2D eigenvalue weighted by atomic mass is 10.2. The van der Waals surface area contributed by atoms with Gasteiger partial charge >= 0.3 is 0 Å². The Bertz CT molecular complexity index is 605. The molecule has 19 heavy (non-hydrogen) atoms. The Morgan fingerprint density at radius 2 is 1.89 bits per heavy atom. The Hall–Kier alpha value is -2.49. The van der Waals surface area contributed by atoms with Crippen molar-refractivity contribution < 1.29 is 5.11 Å². The number of nitrogens with one attached hydrogen (secondary N) is 2. The first kappa shape index (κ1) is 11.6. The summed E-state index contributed by atoms with van der Waals surface area (Å²) in [6, 6.07) is 15.1. The third kappa shape index (κ3) is 2.68. The lowest BCUT2D eigenvalue weighted by Crippen LogP contribution is -2.19. The van der Waals surface area contributed by atoms with Gasteiger partial charge in [0.25, 0.3) is 0 Å². The largest absolute Gasteiger partial charge is 0.508 e. The van der Waals surface area contributed by atoms with Gasteiger partial charge in [-0.25, -0.2) is 0 Å². The molecule has 2 aromatic rings. The van der Waals surface area contributed by atoms with Crippen molar-refractivity contribution in [3.63, 3.8) is 0 Å². The van der Waals surface area contributed by atoms with E-state index in [9.17, 15) is 5.11 Å². The summed E-state index contributed by atoms with van der Waals surface area (Å²) >= 11 is 0. The Labute approximate surface area is 111 Å². The normalized spacial score (nSPS) is 13.8. The van der Waals surface area contributed by atoms with E-state index in [-0.39, 0.29) is 5.75 Å². The quantitative estimate of drug-likeness (QED) is 0.787. The van der Waals surface area contributed by atoms with E-state index in [1.165, 1.54) is 0 Å². The molecule has 0 atom stereocenters. The summed E-state index contributed by atoms with van der Waals surface area (Å²) < 4.78 is 0. The summed E-state index contributed by atoms with van der Waals surface area (Å²) in [7, 11) is 0. The lowest BCUT2D eigenvalue weighted by molar-refractivity contribution is 0.475. The van der Waals surface area contributed by atoms with Gasteiger partial charge in [0.1, 0.15) is 11.6 Å². The zero-order valence-corrected chi connectivity index (χ0v) is 10.4. The van der Waals surface area contributed by atoms with E-state index >= 15 is 0 Å². The van der Waals surface area contributed by atoms with Crippen molar-refractivity contribution in [2.24, 2.45) is 4.99 Å². The van der Waals surface area contributed by atoms with Gasteiger partial charge in [0, 0.05) is 29.5 Å². The Morgan fingerprint density at radius 1 is 1.05 bits per heavy atom. The SMILES string of the molecule is Oc1cccc(Nc2ccc(C3=NCCN3)cc2)c1. The smallest absolute Gasteiger partial charge is 0.128 e.